The highest BCUT2D eigenvalue weighted by molar-refractivity contribution is 7.97. The molecule has 0 aliphatic carbocycles. The van der Waals surface area contributed by atoms with Crippen LogP contribution in [0, 0.1) is 0 Å². The summed E-state index contributed by atoms with van der Waals surface area (Å²) in [5, 5.41) is 9.74. The van der Waals surface area contributed by atoms with Crippen molar-refractivity contribution in [3.8, 4) is 11.1 Å². The molecule has 5 rings (SSSR count). The van der Waals surface area contributed by atoms with Crippen LogP contribution in [0.2, 0.25) is 10.0 Å². The van der Waals surface area contributed by atoms with E-state index in [0.29, 0.717) is 22.6 Å². The molecule has 0 bridgehead atoms. The minimum absolute atomic E-state index is 0.000796. The van der Waals surface area contributed by atoms with Gasteiger partial charge < -0.3 is 14.6 Å². The predicted octanol–water partition coefficient (Wildman–Crippen LogP) is 5.20. The molecule has 1 saturated heterocycles. The summed E-state index contributed by atoms with van der Waals surface area (Å²) in [6.45, 7) is 3.78. The van der Waals surface area contributed by atoms with Crippen LogP contribution in [0.25, 0.3) is 22.0 Å². The maximum atomic E-state index is 11.1. The number of nitrogens with one attached hydrogen (secondary N) is 2. The van der Waals surface area contributed by atoms with Gasteiger partial charge in [0.1, 0.15) is 6.23 Å². The second kappa shape index (κ2) is 10.5. The molecule has 2 aliphatic heterocycles. The Morgan fingerprint density at radius 1 is 1.29 bits per heavy atom. The van der Waals surface area contributed by atoms with Crippen molar-refractivity contribution in [2.75, 3.05) is 18.9 Å². The third-order valence-corrected chi connectivity index (χ3v) is 8.23. The first-order valence-electron chi connectivity index (χ1n) is 11.8. The monoisotopic (exact) mass is 521 g/mol. The van der Waals surface area contributed by atoms with Crippen LogP contribution in [0.5, 0.6) is 0 Å². The SMILES string of the molecule is CC(=O)NCCSNC1CCc2c(-c3cnn(C4CCCCO4)c3)c3ccc(Cl)c(Cl)c3n2C1. The lowest BCUT2D eigenvalue weighted by atomic mass is 9.99. The fourth-order valence-corrected chi connectivity index (χ4v) is 6.11. The Balaban J connectivity index is 1.43. The Bertz CT molecular complexity index is 1190. The Labute approximate surface area is 213 Å². The van der Waals surface area contributed by atoms with E-state index < -0.39 is 0 Å². The molecule has 0 radical (unpaired) electrons. The Hall–Kier alpha value is -1.71. The Morgan fingerprint density at radius 3 is 2.97 bits per heavy atom. The van der Waals surface area contributed by atoms with Gasteiger partial charge >= 0.3 is 0 Å². The molecule has 2 unspecified atom stereocenters. The van der Waals surface area contributed by atoms with Crippen molar-refractivity contribution in [2.24, 2.45) is 0 Å². The van der Waals surface area contributed by atoms with Crippen LogP contribution in [0.3, 0.4) is 0 Å². The van der Waals surface area contributed by atoms with Gasteiger partial charge in [-0.1, -0.05) is 41.2 Å². The number of amides is 1. The van der Waals surface area contributed by atoms with E-state index in [-0.39, 0.29) is 12.1 Å². The first-order chi connectivity index (χ1) is 16.5. The lowest BCUT2D eigenvalue weighted by Gasteiger charge is -2.27. The second-order valence-electron chi connectivity index (χ2n) is 8.90. The Kier molecular flexibility index (Phi) is 7.41. The number of rotatable bonds is 7. The van der Waals surface area contributed by atoms with Crippen molar-refractivity contribution < 1.29 is 9.53 Å². The summed E-state index contributed by atoms with van der Waals surface area (Å²) in [5.41, 5.74) is 4.52. The first-order valence-corrected chi connectivity index (χ1v) is 13.5. The van der Waals surface area contributed by atoms with Crippen LogP contribution in [0.1, 0.15) is 44.5 Å². The van der Waals surface area contributed by atoms with Gasteiger partial charge in [-0.3, -0.25) is 9.52 Å². The molecule has 2 aliphatic rings. The van der Waals surface area contributed by atoms with Crippen molar-refractivity contribution >= 4 is 52.0 Å². The van der Waals surface area contributed by atoms with E-state index in [1.807, 2.05) is 16.9 Å². The summed E-state index contributed by atoms with van der Waals surface area (Å²) in [5.74, 6) is 0.814. The number of aromatic nitrogens is 3. The molecule has 182 valence electrons. The summed E-state index contributed by atoms with van der Waals surface area (Å²) >= 11 is 14.8. The maximum Gasteiger partial charge on any atom is 0.216 e. The predicted molar refractivity (Wildman–Crippen MR) is 138 cm³/mol. The summed E-state index contributed by atoms with van der Waals surface area (Å²) in [6, 6.07) is 4.25. The number of hydrogen-bond acceptors (Lipinski definition) is 5. The number of carbonyl (C=O) groups excluding carboxylic acids is 1. The third-order valence-electron chi connectivity index (χ3n) is 6.52. The molecule has 1 aromatic carbocycles. The number of benzene rings is 1. The van der Waals surface area contributed by atoms with Gasteiger partial charge in [0.25, 0.3) is 0 Å². The van der Waals surface area contributed by atoms with E-state index in [4.69, 9.17) is 27.9 Å². The minimum atomic E-state index is -0.000796. The first kappa shape index (κ1) is 24.0. The van der Waals surface area contributed by atoms with Gasteiger partial charge in [0.05, 0.1) is 21.8 Å². The van der Waals surface area contributed by atoms with Crippen molar-refractivity contribution in [3.05, 3.63) is 40.3 Å². The summed E-state index contributed by atoms with van der Waals surface area (Å²) < 4.78 is 13.8. The number of hydrogen-bond donors (Lipinski definition) is 2. The summed E-state index contributed by atoms with van der Waals surface area (Å²) in [4.78, 5) is 11.1. The molecule has 10 heteroatoms. The quantitative estimate of drug-likeness (QED) is 0.330. The van der Waals surface area contributed by atoms with Crippen molar-refractivity contribution in [1.29, 1.82) is 0 Å². The van der Waals surface area contributed by atoms with Crippen LogP contribution in [-0.4, -0.2) is 45.2 Å². The molecule has 2 atom stereocenters. The molecule has 1 fully saturated rings. The van der Waals surface area contributed by atoms with Crippen LogP contribution in [0.4, 0.5) is 0 Å². The average molecular weight is 523 g/mol. The van der Waals surface area contributed by atoms with E-state index in [1.165, 1.54) is 18.2 Å². The van der Waals surface area contributed by atoms with Crippen LogP contribution < -0.4 is 10.0 Å². The number of fused-ring (bicyclic) bond motifs is 3. The normalized spacial score (nSPS) is 20.4. The molecule has 2 aromatic heterocycles. The van der Waals surface area contributed by atoms with Gasteiger partial charge in [-0.25, -0.2) is 4.68 Å². The molecule has 3 aromatic rings. The number of carbonyl (C=O) groups is 1. The van der Waals surface area contributed by atoms with E-state index in [0.717, 1.165) is 67.5 Å². The lowest BCUT2D eigenvalue weighted by molar-refractivity contribution is -0.118. The highest BCUT2D eigenvalue weighted by Crippen LogP contribution is 2.43. The van der Waals surface area contributed by atoms with Crippen molar-refractivity contribution in [2.45, 2.75) is 57.8 Å². The summed E-state index contributed by atoms with van der Waals surface area (Å²) in [6.07, 6.45) is 9.26. The standard InChI is InChI=1S/C24H29Cl2N5O2S/c1-15(32)27-9-11-34-29-17-5-8-20-22(16-12-28-31(13-16)21-4-2-3-10-33-21)18-6-7-19(25)23(26)24(18)30(20)14-17/h6-7,12-13,17,21,29H,2-5,8-11,14H2,1H3,(H,27,32). The molecule has 0 spiro atoms. The lowest BCUT2D eigenvalue weighted by Crippen LogP contribution is -2.34. The van der Waals surface area contributed by atoms with Gasteiger partial charge in [-0.05, 0) is 38.2 Å². The zero-order chi connectivity index (χ0) is 23.7. The fourth-order valence-electron chi connectivity index (χ4n) is 4.95. The molecule has 7 nitrogen and oxygen atoms in total. The molecule has 34 heavy (non-hydrogen) atoms. The number of halogens is 2. The third kappa shape index (κ3) is 4.84. The average Bonchev–Trinajstić information content (AvgIpc) is 3.44. The van der Waals surface area contributed by atoms with Gasteiger partial charge in [-0.15, -0.1) is 0 Å². The smallest absolute Gasteiger partial charge is 0.216 e. The molecule has 1 amide bonds. The Morgan fingerprint density at radius 2 is 2.18 bits per heavy atom. The van der Waals surface area contributed by atoms with Crippen molar-refractivity contribution in [1.82, 2.24) is 24.4 Å². The zero-order valence-electron chi connectivity index (χ0n) is 19.2. The number of ether oxygens (including phenoxy) is 1. The van der Waals surface area contributed by atoms with Crippen molar-refractivity contribution in [3.63, 3.8) is 0 Å². The van der Waals surface area contributed by atoms with Gasteiger partial charge in [-0.2, -0.15) is 5.10 Å². The van der Waals surface area contributed by atoms with E-state index in [9.17, 15) is 4.79 Å². The molecular formula is C24H29Cl2N5O2S. The molecule has 2 N–H and O–H groups in total. The highest BCUT2D eigenvalue weighted by atomic mass is 35.5. The van der Waals surface area contributed by atoms with E-state index in [2.05, 4.69) is 32.0 Å². The molecular weight excluding hydrogens is 493 g/mol. The molecule has 0 saturated carbocycles. The topological polar surface area (TPSA) is 73.1 Å². The van der Waals surface area contributed by atoms with Crippen LogP contribution in [-0.2, 0) is 22.5 Å². The van der Waals surface area contributed by atoms with Gasteiger partial charge in [0.2, 0.25) is 5.91 Å². The second-order valence-corrected chi connectivity index (χ2v) is 10.6. The van der Waals surface area contributed by atoms with Gasteiger partial charge in [0, 0.05) is 66.8 Å². The largest absolute Gasteiger partial charge is 0.357 e. The van der Waals surface area contributed by atoms with Crippen LogP contribution >= 0.6 is 35.1 Å². The molecule has 4 heterocycles. The van der Waals surface area contributed by atoms with E-state index >= 15 is 0 Å². The minimum Gasteiger partial charge on any atom is -0.357 e. The fraction of sp³-hybridized carbons (Fsp3) is 0.500. The van der Waals surface area contributed by atoms with E-state index in [1.54, 1.807) is 11.9 Å². The number of nitrogens with zero attached hydrogens (tertiary/aromatic N) is 3. The highest BCUT2D eigenvalue weighted by Gasteiger charge is 2.28. The summed E-state index contributed by atoms with van der Waals surface area (Å²) in [7, 11) is 0. The van der Waals surface area contributed by atoms with Gasteiger partial charge in [0.15, 0.2) is 0 Å². The maximum absolute atomic E-state index is 11.1. The van der Waals surface area contributed by atoms with Crippen LogP contribution in [0.15, 0.2) is 24.5 Å². The zero-order valence-corrected chi connectivity index (χ0v) is 21.5.